The fourth-order valence-electron chi connectivity index (χ4n) is 2.03. The van der Waals surface area contributed by atoms with Crippen LogP contribution in [0.5, 0.6) is 0 Å². The van der Waals surface area contributed by atoms with Gasteiger partial charge in [0.2, 0.25) is 0 Å². The number of rotatable bonds is 2. The Hall–Kier alpha value is -1.00. The van der Waals surface area contributed by atoms with Crippen molar-refractivity contribution in [2.75, 3.05) is 11.1 Å². The van der Waals surface area contributed by atoms with E-state index in [1.165, 1.54) is 0 Å². The molecule has 0 bridgehead atoms. The summed E-state index contributed by atoms with van der Waals surface area (Å²) in [4.78, 5) is 4.13. The van der Waals surface area contributed by atoms with E-state index in [1.54, 1.807) is 12.3 Å². The molecule has 1 aliphatic rings. The van der Waals surface area contributed by atoms with Crippen molar-refractivity contribution in [2.24, 2.45) is 0 Å². The van der Waals surface area contributed by atoms with Crippen LogP contribution in [-0.2, 0) is 0 Å². The van der Waals surface area contributed by atoms with Crippen molar-refractivity contribution in [1.82, 2.24) is 4.98 Å². The molecule has 1 aromatic rings. The Morgan fingerprint density at radius 3 is 2.88 bits per heavy atom. The number of hydrogen-bond donors (Lipinski definition) is 3. The monoisotopic (exact) mass is 241 g/mol. The average Bonchev–Trinajstić information content (AvgIpc) is 2.25. The van der Waals surface area contributed by atoms with Crippen LogP contribution in [0.3, 0.4) is 0 Å². The topological polar surface area (TPSA) is 71.2 Å². The SMILES string of the molecule is Nc1cc(Cl)cnc1NC1CCCCC1O. The molecule has 16 heavy (non-hydrogen) atoms. The fourth-order valence-corrected chi connectivity index (χ4v) is 2.20. The molecule has 4 N–H and O–H groups in total. The van der Waals surface area contributed by atoms with Crippen LogP contribution < -0.4 is 11.1 Å². The van der Waals surface area contributed by atoms with Gasteiger partial charge in [0.15, 0.2) is 0 Å². The zero-order chi connectivity index (χ0) is 11.5. The van der Waals surface area contributed by atoms with Gasteiger partial charge in [0.25, 0.3) is 0 Å². The first-order valence-electron chi connectivity index (χ1n) is 5.52. The van der Waals surface area contributed by atoms with Gasteiger partial charge in [-0.05, 0) is 18.9 Å². The molecule has 1 aromatic heterocycles. The highest BCUT2D eigenvalue weighted by Crippen LogP contribution is 2.25. The van der Waals surface area contributed by atoms with Crippen molar-refractivity contribution in [3.8, 4) is 0 Å². The van der Waals surface area contributed by atoms with Crippen LogP contribution in [0.2, 0.25) is 5.02 Å². The lowest BCUT2D eigenvalue weighted by atomic mass is 9.92. The minimum atomic E-state index is -0.314. The van der Waals surface area contributed by atoms with Gasteiger partial charge >= 0.3 is 0 Å². The van der Waals surface area contributed by atoms with Gasteiger partial charge in [-0.15, -0.1) is 0 Å². The molecule has 0 spiro atoms. The molecule has 1 aliphatic carbocycles. The van der Waals surface area contributed by atoms with E-state index in [0.717, 1.165) is 25.7 Å². The van der Waals surface area contributed by atoms with E-state index < -0.39 is 0 Å². The number of halogens is 1. The molecule has 88 valence electrons. The summed E-state index contributed by atoms with van der Waals surface area (Å²) >= 11 is 5.77. The Balaban J connectivity index is 2.07. The first kappa shape index (κ1) is 11.5. The van der Waals surface area contributed by atoms with E-state index in [-0.39, 0.29) is 12.1 Å². The van der Waals surface area contributed by atoms with Crippen LogP contribution in [0.15, 0.2) is 12.3 Å². The third-order valence-corrected chi connectivity index (χ3v) is 3.14. The molecule has 1 fully saturated rings. The highest BCUT2D eigenvalue weighted by atomic mass is 35.5. The van der Waals surface area contributed by atoms with Crippen LogP contribution in [0.1, 0.15) is 25.7 Å². The summed E-state index contributed by atoms with van der Waals surface area (Å²) in [6, 6.07) is 1.70. The second kappa shape index (κ2) is 4.89. The van der Waals surface area contributed by atoms with Crippen LogP contribution in [-0.4, -0.2) is 22.2 Å². The molecule has 2 unspecified atom stereocenters. The number of hydrogen-bond acceptors (Lipinski definition) is 4. The number of aliphatic hydroxyl groups is 1. The number of nitrogens with one attached hydrogen (secondary N) is 1. The predicted octanol–water partition coefficient (Wildman–Crippen LogP) is 2.03. The Bertz CT molecular complexity index is 372. The molecule has 0 radical (unpaired) electrons. The molecule has 1 saturated carbocycles. The standard InChI is InChI=1S/C11H16ClN3O/c12-7-5-8(13)11(14-6-7)15-9-3-1-2-4-10(9)16/h5-6,9-10,16H,1-4,13H2,(H,14,15). The lowest BCUT2D eigenvalue weighted by molar-refractivity contribution is 0.116. The van der Waals surface area contributed by atoms with Gasteiger partial charge < -0.3 is 16.2 Å². The highest BCUT2D eigenvalue weighted by Gasteiger charge is 2.23. The number of nitrogen functional groups attached to an aromatic ring is 1. The maximum Gasteiger partial charge on any atom is 0.149 e. The summed E-state index contributed by atoms with van der Waals surface area (Å²) in [7, 11) is 0. The lowest BCUT2D eigenvalue weighted by Gasteiger charge is -2.29. The normalized spacial score (nSPS) is 25.4. The molecular formula is C11H16ClN3O. The Morgan fingerprint density at radius 1 is 1.44 bits per heavy atom. The quantitative estimate of drug-likeness (QED) is 0.741. The predicted molar refractivity (Wildman–Crippen MR) is 65.5 cm³/mol. The van der Waals surface area contributed by atoms with E-state index in [1.807, 2.05) is 0 Å². The molecule has 0 amide bonds. The van der Waals surface area contributed by atoms with Crippen LogP contribution in [0.4, 0.5) is 11.5 Å². The van der Waals surface area contributed by atoms with Crippen molar-refractivity contribution in [3.63, 3.8) is 0 Å². The summed E-state index contributed by atoms with van der Waals surface area (Å²) in [6.45, 7) is 0. The first-order chi connectivity index (χ1) is 7.66. The first-order valence-corrected chi connectivity index (χ1v) is 5.90. The van der Waals surface area contributed by atoms with Crippen LogP contribution >= 0.6 is 11.6 Å². The van der Waals surface area contributed by atoms with Crippen LogP contribution in [0.25, 0.3) is 0 Å². The molecule has 0 saturated heterocycles. The summed E-state index contributed by atoms with van der Waals surface area (Å²) in [5, 5.41) is 13.5. The number of aromatic nitrogens is 1. The summed E-state index contributed by atoms with van der Waals surface area (Å²) in [6.07, 6.45) is 5.24. The lowest BCUT2D eigenvalue weighted by Crippen LogP contribution is -2.36. The number of pyridine rings is 1. The van der Waals surface area contributed by atoms with Gasteiger partial charge in [0, 0.05) is 6.20 Å². The van der Waals surface area contributed by atoms with Crippen LogP contribution in [0, 0.1) is 0 Å². The Morgan fingerprint density at radius 2 is 2.19 bits per heavy atom. The van der Waals surface area contributed by atoms with E-state index in [2.05, 4.69) is 10.3 Å². The van der Waals surface area contributed by atoms with Gasteiger partial charge in [-0.2, -0.15) is 0 Å². The molecular weight excluding hydrogens is 226 g/mol. The second-order valence-corrected chi connectivity index (χ2v) is 4.63. The molecule has 2 rings (SSSR count). The van der Waals surface area contributed by atoms with Crippen molar-refractivity contribution in [1.29, 1.82) is 0 Å². The Labute approximate surface area is 99.8 Å². The van der Waals surface area contributed by atoms with Crippen molar-refractivity contribution < 1.29 is 5.11 Å². The van der Waals surface area contributed by atoms with Gasteiger partial charge in [-0.3, -0.25) is 0 Å². The zero-order valence-corrected chi connectivity index (χ0v) is 9.74. The van der Waals surface area contributed by atoms with Crippen molar-refractivity contribution in [2.45, 2.75) is 37.8 Å². The third-order valence-electron chi connectivity index (χ3n) is 2.94. The van der Waals surface area contributed by atoms with E-state index in [4.69, 9.17) is 17.3 Å². The zero-order valence-electron chi connectivity index (χ0n) is 8.99. The summed E-state index contributed by atoms with van der Waals surface area (Å²) < 4.78 is 0. The number of aliphatic hydroxyl groups excluding tert-OH is 1. The van der Waals surface area contributed by atoms with Gasteiger partial charge in [-0.1, -0.05) is 24.4 Å². The maximum absolute atomic E-state index is 9.82. The van der Waals surface area contributed by atoms with Gasteiger partial charge in [-0.25, -0.2) is 4.98 Å². The highest BCUT2D eigenvalue weighted by molar-refractivity contribution is 6.30. The molecule has 1 heterocycles. The van der Waals surface area contributed by atoms with Crippen molar-refractivity contribution in [3.05, 3.63) is 17.3 Å². The van der Waals surface area contributed by atoms with E-state index in [9.17, 15) is 5.11 Å². The molecule has 5 heteroatoms. The number of anilines is 2. The number of nitrogens with two attached hydrogens (primary N) is 1. The Kier molecular flexibility index (Phi) is 3.51. The minimum absolute atomic E-state index is 0.0460. The molecule has 4 nitrogen and oxygen atoms in total. The molecule has 2 atom stereocenters. The third kappa shape index (κ3) is 2.57. The molecule has 0 aliphatic heterocycles. The van der Waals surface area contributed by atoms with Gasteiger partial charge in [0.05, 0.1) is 22.9 Å². The maximum atomic E-state index is 9.82. The smallest absolute Gasteiger partial charge is 0.149 e. The molecule has 0 aromatic carbocycles. The largest absolute Gasteiger partial charge is 0.396 e. The van der Waals surface area contributed by atoms with Crippen molar-refractivity contribution >= 4 is 23.1 Å². The average molecular weight is 242 g/mol. The van der Waals surface area contributed by atoms with E-state index in [0.29, 0.717) is 16.5 Å². The second-order valence-electron chi connectivity index (χ2n) is 4.19. The summed E-state index contributed by atoms with van der Waals surface area (Å²) in [5.41, 5.74) is 6.31. The fraction of sp³-hybridized carbons (Fsp3) is 0.545. The van der Waals surface area contributed by atoms with Gasteiger partial charge in [0.1, 0.15) is 5.82 Å². The summed E-state index contributed by atoms with van der Waals surface area (Å²) in [5.74, 6) is 0.607. The minimum Gasteiger partial charge on any atom is -0.396 e. The van der Waals surface area contributed by atoms with E-state index >= 15 is 0 Å². The number of nitrogens with zero attached hydrogens (tertiary/aromatic N) is 1.